The van der Waals surface area contributed by atoms with E-state index in [-0.39, 0.29) is 32.0 Å². The molecule has 1 aromatic rings. The molecule has 0 radical (unpaired) electrons. The number of carbonyl (C=O) groups is 2. The number of thiophene rings is 1. The number of carbonyl (C=O) groups excluding carboxylic acids is 2. The quantitative estimate of drug-likeness (QED) is 0.798. The average Bonchev–Trinajstić information content (AvgIpc) is 2.87. The SMILES string of the molecule is CCOC(=O)c1sc(NC(=O)CN2CCC[C@@H](C(F)(F)F)C2)cc1C. The van der Waals surface area contributed by atoms with Crippen molar-refractivity contribution in [2.24, 2.45) is 5.92 Å². The van der Waals surface area contributed by atoms with E-state index < -0.39 is 18.1 Å². The second-order valence-electron chi connectivity index (χ2n) is 6.01. The predicted octanol–water partition coefficient (Wildman–Crippen LogP) is 3.45. The number of aryl methyl sites for hydroxylation is 1. The van der Waals surface area contributed by atoms with Crippen LogP contribution < -0.4 is 5.32 Å². The van der Waals surface area contributed by atoms with E-state index in [2.05, 4.69) is 5.32 Å². The number of ether oxygens (including phenoxy) is 1. The van der Waals surface area contributed by atoms with Gasteiger partial charge in [-0.3, -0.25) is 9.69 Å². The molecule has 0 unspecified atom stereocenters. The molecule has 1 saturated heterocycles. The summed E-state index contributed by atoms with van der Waals surface area (Å²) >= 11 is 1.10. The number of halogens is 3. The topological polar surface area (TPSA) is 58.6 Å². The van der Waals surface area contributed by atoms with Crippen molar-refractivity contribution < 1.29 is 27.5 Å². The van der Waals surface area contributed by atoms with Crippen LogP contribution in [0.1, 0.15) is 35.0 Å². The average molecular weight is 378 g/mol. The molecule has 0 bridgehead atoms. The highest BCUT2D eigenvalue weighted by atomic mass is 32.1. The lowest BCUT2D eigenvalue weighted by molar-refractivity contribution is -0.186. The first-order chi connectivity index (χ1) is 11.7. The summed E-state index contributed by atoms with van der Waals surface area (Å²) in [6, 6.07) is 1.66. The van der Waals surface area contributed by atoms with Crippen LogP contribution in [-0.2, 0) is 9.53 Å². The van der Waals surface area contributed by atoms with Crippen LogP contribution in [-0.4, -0.2) is 49.2 Å². The number of esters is 1. The number of likely N-dealkylation sites (tertiary alicyclic amines) is 1. The molecule has 1 amide bonds. The molecule has 0 spiro atoms. The Bertz CT molecular complexity index is 631. The van der Waals surface area contributed by atoms with Gasteiger partial charge < -0.3 is 10.1 Å². The highest BCUT2D eigenvalue weighted by Crippen LogP contribution is 2.33. The van der Waals surface area contributed by atoms with Crippen LogP contribution in [0, 0.1) is 12.8 Å². The number of amides is 1. The van der Waals surface area contributed by atoms with Crippen LogP contribution >= 0.6 is 11.3 Å². The van der Waals surface area contributed by atoms with Gasteiger partial charge in [-0.25, -0.2) is 4.79 Å². The Morgan fingerprint density at radius 1 is 1.44 bits per heavy atom. The molecule has 1 N–H and O–H groups in total. The van der Waals surface area contributed by atoms with E-state index in [1.54, 1.807) is 19.9 Å². The fourth-order valence-electron chi connectivity index (χ4n) is 2.79. The summed E-state index contributed by atoms with van der Waals surface area (Å²) in [4.78, 5) is 25.8. The van der Waals surface area contributed by atoms with Crippen molar-refractivity contribution in [1.82, 2.24) is 4.90 Å². The lowest BCUT2D eigenvalue weighted by Crippen LogP contribution is -2.44. The van der Waals surface area contributed by atoms with Crippen molar-refractivity contribution in [2.75, 3.05) is 31.6 Å². The molecule has 1 aromatic heterocycles. The lowest BCUT2D eigenvalue weighted by Gasteiger charge is -2.33. The highest BCUT2D eigenvalue weighted by molar-refractivity contribution is 7.18. The summed E-state index contributed by atoms with van der Waals surface area (Å²) in [5.41, 5.74) is 0.689. The number of anilines is 1. The Hall–Kier alpha value is -1.61. The molecule has 5 nitrogen and oxygen atoms in total. The maximum Gasteiger partial charge on any atom is 0.393 e. The Kier molecular flexibility index (Phi) is 6.45. The van der Waals surface area contributed by atoms with Crippen LogP contribution in [0.25, 0.3) is 0 Å². The van der Waals surface area contributed by atoms with Gasteiger partial charge in [-0.2, -0.15) is 13.2 Å². The molecular formula is C16H21F3N2O3S. The molecule has 1 atom stereocenters. The maximum atomic E-state index is 12.8. The van der Waals surface area contributed by atoms with Crippen LogP contribution in [0.4, 0.5) is 18.2 Å². The van der Waals surface area contributed by atoms with Crippen LogP contribution in [0.2, 0.25) is 0 Å². The largest absolute Gasteiger partial charge is 0.462 e. The first-order valence-electron chi connectivity index (χ1n) is 8.07. The van der Waals surface area contributed by atoms with E-state index in [9.17, 15) is 22.8 Å². The van der Waals surface area contributed by atoms with Gasteiger partial charge in [-0.15, -0.1) is 11.3 Å². The van der Waals surface area contributed by atoms with E-state index in [1.807, 2.05) is 0 Å². The predicted molar refractivity (Wildman–Crippen MR) is 88.9 cm³/mol. The third-order valence-corrected chi connectivity index (χ3v) is 5.11. The van der Waals surface area contributed by atoms with Crippen molar-refractivity contribution >= 4 is 28.2 Å². The molecule has 1 fully saturated rings. The zero-order valence-corrected chi connectivity index (χ0v) is 14.9. The van der Waals surface area contributed by atoms with Gasteiger partial charge in [-0.1, -0.05) is 0 Å². The number of alkyl halides is 3. The summed E-state index contributed by atoms with van der Waals surface area (Å²) in [5, 5.41) is 3.13. The molecule has 25 heavy (non-hydrogen) atoms. The Balaban J connectivity index is 1.92. The van der Waals surface area contributed by atoms with Gasteiger partial charge in [0.2, 0.25) is 5.91 Å². The second kappa shape index (κ2) is 8.18. The number of hydrogen-bond acceptors (Lipinski definition) is 5. The smallest absolute Gasteiger partial charge is 0.393 e. The van der Waals surface area contributed by atoms with Crippen molar-refractivity contribution in [3.05, 3.63) is 16.5 Å². The number of piperidine rings is 1. The van der Waals surface area contributed by atoms with E-state index in [0.29, 0.717) is 28.4 Å². The normalized spacial score (nSPS) is 18.8. The summed E-state index contributed by atoms with van der Waals surface area (Å²) in [6.07, 6.45) is -3.70. The lowest BCUT2D eigenvalue weighted by atomic mass is 9.97. The summed E-state index contributed by atoms with van der Waals surface area (Å²) < 4.78 is 43.4. The fourth-order valence-corrected chi connectivity index (χ4v) is 3.77. The molecule has 0 saturated carbocycles. The summed E-state index contributed by atoms with van der Waals surface area (Å²) in [6.45, 7) is 3.91. The van der Waals surface area contributed by atoms with E-state index in [0.717, 1.165) is 11.3 Å². The third-order valence-electron chi connectivity index (χ3n) is 3.98. The molecule has 140 valence electrons. The molecule has 0 aliphatic carbocycles. The zero-order valence-electron chi connectivity index (χ0n) is 14.1. The maximum absolute atomic E-state index is 12.8. The van der Waals surface area contributed by atoms with E-state index in [1.165, 1.54) is 4.90 Å². The Morgan fingerprint density at radius 2 is 2.16 bits per heavy atom. The Morgan fingerprint density at radius 3 is 2.80 bits per heavy atom. The molecular weight excluding hydrogens is 357 g/mol. The minimum atomic E-state index is -4.23. The van der Waals surface area contributed by atoms with Gasteiger partial charge >= 0.3 is 12.1 Å². The van der Waals surface area contributed by atoms with Gasteiger partial charge in [-0.05, 0) is 44.9 Å². The van der Waals surface area contributed by atoms with Gasteiger partial charge in [0.15, 0.2) is 0 Å². The Labute approximate surface area is 148 Å². The number of hydrogen-bond donors (Lipinski definition) is 1. The second-order valence-corrected chi connectivity index (χ2v) is 7.06. The minimum absolute atomic E-state index is 0.0989. The van der Waals surface area contributed by atoms with Crippen molar-refractivity contribution in [2.45, 2.75) is 32.9 Å². The number of nitrogens with zero attached hydrogens (tertiary/aromatic N) is 1. The first-order valence-corrected chi connectivity index (χ1v) is 8.88. The first kappa shape index (κ1) is 19.7. The summed E-state index contributed by atoms with van der Waals surface area (Å²) in [7, 11) is 0. The number of rotatable bonds is 5. The van der Waals surface area contributed by atoms with E-state index in [4.69, 9.17) is 4.74 Å². The molecule has 0 aromatic carbocycles. The third kappa shape index (κ3) is 5.43. The minimum Gasteiger partial charge on any atom is -0.462 e. The molecule has 2 rings (SSSR count). The van der Waals surface area contributed by atoms with E-state index >= 15 is 0 Å². The van der Waals surface area contributed by atoms with Gasteiger partial charge in [0.05, 0.1) is 24.1 Å². The molecule has 9 heteroatoms. The monoisotopic (exact) mass is 378 g/mol. The fraction of sp³-hybridized carbons (Fsp3) is 0.625. The summed E-state index contributed by atoms with van der Waals surface area (Å²) in [5.74, 6) is -2.22. The molecule has 1 aliphatic heterocycles. The van der Waals surface area contributed by atoms with Crippen molar-refractivity contribution in [3.8, 4) is 0 Å². The van der Waals surface area contributed by atoms with Gasteiger partial charge in [0, 0.05) is 6.54 Å². The van der Waals surface area contributed by atoms with Crippen molar-refractivity contribution in [1.29, 1.82) is 0 Å². The zero-order chi connectivity index (χ0) is 18.6. The highest BCUT2D eigenvalue weighted by Gasteiger charge is 2.41. The van der Waals surface area contributed by atoms with Gasteiger partial charge in [0.1, 0.15) is 4.88 Å². The van der Waals surface area contributed by atoms with Crippen molar-refractivity contribution in [3.63, 3.8) is 0 Å². The number of nitrogens with one attached hydrogen (secondary N) is 1. The van der Waals surface area contributed by atoms with Crippen LogP contribution in [0.15, 0.2) is 6.07 Å². The molecule has 1 aliphatic rings. The van der Waals surface area contributed by atoms with Gasteiger partial charge in [0.25, 0.3) is 0 Å². The van der Waals surface area contributed by atoms with Crippen LogP contribution in [0.5, 0.6) is 0 Å². The molecule has 2 heterocycles. The standard InChI is InChI=1S/C16H21F3N2O3S/c1-3-24-15(23)14-10(2)7-13(25-14)20-12(22)9-21-6-4-5-11(8-21)16(17,18)19/h7,11H,3-6,8-9H2,1-2H3,(H,20,22)/t11-/m1/s1. The van der Waals surface area contributed by atoms with Crippen LogP contribution in [0.3, 0.4) is 0 Å².